The smallest absolute Gasteiger partial charge is 0.240 e. The molecule has 1 N–H and O–H groups in total. The Kier molecular flexibility index (Phi) is 4.70. The summed E-state index contributed by atoms with van der Waals surface area (Å²) >= 11 is 4.31. The van der Waals surface area contributed by atoms with Crippen LogP contribution in [0.5, 0.6) is 0 Å². The van der Waals surface area contributed by atoms with Crippen LogP contribution < -0.4 is 5.32 Å². The van der Waals surface area contributed by atoms with Crippen molar-refractivity contribution in [3.05, 3.63) is 29.6 Å². The van der Waals surface area contributed by atoms with E-state index in [9.17, 15) is 4.79 Å². The first-order valence-corrected chi connectivity index (χ1v) is 7.48. The van der Waals surface area contributed by atoms with Crippen molar-refractivity contribution in [1.29, 1.82) is 0 Å². The molecule has 0 saturated heterocycles. The molecule has 4 nitrogen and oxygen atoms in total. The van der Waals surface area contributed by atoms with Crippen LogP contribution in [0.25, 0.3) is 11.0 Å². The standard InChI is InChI=1S/C15H21N3OS/c1-10(2)7-16-15(19)8-18-13-5-4-11(3)6-12(13)17-14(18)9-20/h4-6,10,20H,7-9H2,1-3H3,(H,16,19). The number of fused-ring (bicyclic) bond motifs is 1. The summed E-state index contributed by atoms with van der Waals surface area (Å²) in [6.07, 6.45) is 0. The first kappa shape index (κ1) is 14.9. The summed E-state index contributed by atoms with van der Waals surface area (Å²) < 4.78 is 1.94. The van der Waals surface area contributed by atoms with Crippen LogP contribution in [0.15, 0.2) is 18.2 Å². The van der Waals surface area contributed by atoms with Gasteiger partial charge in [0, 0.05) is 12.3 Å². The van der Waals surface area contributed by atoms with Crippen molar-refractivity contribution >= 4 is 29.6 Å². The number of thiol groups is 1. The highest BCUT2D eigenvalue weighted by Crippen LogP contribution is 2.18. The van der Waals surface area contributed by atoms with E-state index in [0.29, 0.717) is 24.8 Å². The van der Waals surface area contributed by atoms with E-state index in [1.807, 2.05) is 29.7 Å². The lowest BCUT2D eigenvalue weighted by molar-refractivity contribution is -0.121. The third-order valence-electron chi connectivity index (χ3n) is 3.13. The van der Waals surface area contributed by atoms with Crippen molar-refractivity contribution in [2.75, 3.05) is 6.54 Å². The molecule has 0 unspecified atom stereocenters. The van der Waals surface area contributed by atoms with Gasteiger partial charge in [0.15, 0.2) is 0 Å². The molecule has 1 aromatic carbocycles. The SMILES string of the molecule is Cc1ccc2c(c1)nc(CS)n2CC(=O)NCC(C)C. The van der Waals surface area contributed by atoms with E-state index >= 15 is 0 Å². The minimum Gasteiger partial charge on any atom is -0.354 e. The van der Waals surface area contributed by atoms with Crippen LogP contribution in [0.2, 0.25) is 0 Å². The Labute approximate surface area is 125 Å². The fourth-order valence-electron chi connectivity index (χ4n) is 2.10. The molecule has 1 aromatic heterocycles. The highest BCUT2D eigenvalue weighted by molar-refractivity contribution is 7.79. The van der Waals surface area contributed by atoms with Crippen molar-refractivity contribution < 1.29 is 4.79 Å². The highest BCUT2D eigenvalue weighted by Gasteiger charge is 2.12. The Balaban J connectivity index is 2.26. The predicted octanol–water partition coefficient (Wildman–Crippen LogP) is 2.55. The largest absolute Gasteiger partial charge is 0.354 e. The second-order valence-electron chi connectivity index (χ2n) is 5.46. The predicted molar refractivity (Wildman–Crippen MR) is 85.0 cm³/mol. The van der Waals surface area contributed by atoms with Crippen LogP contribution in [0.4, 0.5) is 0 Å². The maximum atomic E-state index is 12.0. The molecule has 2 aromatic rings. The number of carbonyl (C=O) groups is 1. The number of nitrogens with zero attached hydrogens (tertiary/aromatic N) is 2. The Bertz CT molecular complexity index is 619. The van der Waals surface area contributed by atoms with Crippen LogP contribution in [-0.4, -0.2) is 22.0 Å². The number of rotatable bonds is 5. The Hall–Kier alpha value is -1.49. The van der Waals surface area contributed by atoms with E-state index < -0.39 is 0 Å². The molecule has 20 heavy (non-hydrogen) atoms. The minimum atomic E-state index is 0.0154. The summed E-state index contributed by atoms with van der Waals surface area (Å²) in [6, 6.07) is 6.08. The zero-order valence-electron chi connectivity index (χ0n) is 12.2. The number of hydrogen-bond acceptors (Lipinski definition) is 3. The van der Waals surface area contributed by atoms with Gasteiger partial charge < -0.3 is 9.88 Å². The lowest BCUT2D eigenvalue weighted by Crippen LogP contribution is -2.31. The molecule has 0 bridgehead atoms. The number of imidazole rings is 1. The molecule has 0 fully saturated rings. The van der Waals surface area contributed by atoms with Crippen LogP contribution >= 0.6 is 12.6 Å². The topological polar surface area (TPSA) is 46.9 Å². The molecular weight excluding hydrogens is 270 g/mol. The Morgan fingerprint density at radius 3 is 2.85 bits per heavy atom. The van der Waals surface area contributed by atoms with Crippen LogP contribution in [0, 0.1) is 12.8 Å². The van der Waals surface area contributed by atoms with Gasteiger partial charge in [-0.3, -0.25) is 4.79 Å². The molecule has 0 aliphatic heterocycles. The van der Waals surface area contributed by atoms with Gasteiger partial charge >= 0.3 is 0 Å². The average molecular weight is 291 g/mol. The molecule has 0 spiro atoms. The van der Waals surface area contributed by atoms with Crippen molar-refractivity contribution in [3.8, 4) is 0 Å². The fraction of sp³-hybridized carbons (Fsp3) is 0.467. The van der Waals surface area contributed by atoms with Crippen LogP contribution in [0.3, 0.4) is 0 Å². The number of carbonyl (C=O) groups excluding carboxylic acids is 1. The molecule has 2 rings (SSSR count). The second-order valence-corrected chi connectivity index (χ2v) is 5.78. The normalized spacial score (nSPS) is 11.2. The molecule has 0 radical (unpaired) electrons. The quantitative estimate of drug-likeness (QED) is 0.832. The summed E-state index contributed by atoms with van der Waals surface area (Å²) in [5.41, 5.74) is 3.07. The molecule has 0 saturated carbocycles. The average Bonchev–Trinajstić information content (AvgIpc) is 2.73. The van der Waals surface area contributed by atoms with E-state index in [2.05, 4.69) is 36.8 Å². The maximum absolute atomic E-state index is 12.0. The summed E-state index contributed by atoms with van der Waals surface area (Å²) in [6.45, 7) is 7.18. The van der Waals surface area contributed by atoms with Gasteiger partial charge in [0.05, 0.1) is 11.0 Å². The summed E-state index contributed by atoms with van der Waals surface area (Å²) in [7, 11) is 0. The van der Waals surface area contributed by atoms with Gasteiger partial charge in [0.25, 0.3) is 0 Å². The van der Waals surface area contributed by atoms with E-state index in [1.165, 1.54) is 0 Å². The highest BCUT2D eigenvalue weighted by atomic mass is 32.1. The van der Waals surface area contributed by atoms with Gasteiger partial charge in [0.2, 0.25) is 5.91 Å². The molecule has 0 aliphatic carbocycles. The molecule has 1 amide bonds. The van der Waals surface area contributed by atoms with Crippen molar-refractivity contribution in [1.82, 2.24) is 14.9 Å². The number of nitrogens with one attached hydrogen (secondary N) is 1. The molecule has 0 atom stereocenters. The van der Waals surface area contributed by atoms with Gasteiger partial charge in [-0.15, -0.1) is 0 Å². The van der Waals surface area contributed by atoms with Gasteiger partial charge in [-0.25, -0.2) is 4.98 Å². The fourth-order valence-corrected chi connectivity index (χ4v) is 2.35. The lowest BCUT2D eigenvalue weighted by Gasteiger charge is -2.10. The summed E-state index contributed by atoms with van der Waals surface area (Å²) in [5, 5.41) is 2.94. The Morgan fingerprint density at radius 2 is 2.20 bits per heavy atom. The number of benzene rings is 1. The number of hydrogen-bond donors (Lipinski definition) is 2. The van der Waals surface area contributed by atoms with Crippen molar-refractivity contribution in [2.45, 2.75) is 33.1 Å². The van der Waals surface area contributed by atoms with E-state index in [4.69, 9.17) is 0 Å². The third-order valence-corrected chi connectivity index (χ3v) is 3.42. The lowest BCUT2D eigenvalue weighted by atomic mass is 10.2. The summed E-state index contributed by atoms with van der Waals surface area (Å²) in [4.78, 5) is 16.6. The summed E-state index contributed by atoms with van der Waals surface area (Å²) in [5.74, 6) is 1.81. The van der Waals surface area contributed by atoms with Gasteiger partial charge in [-0.1, -0.05) is 19.9 Å². The number of aromatic nitrogens is 2. The van der Waals surface area contributed by atoms with Crippen LogP contribution in [0.1, 0.15) is 25.2 Å². The van der Waals surface area contributed by atoms with Gasteiger partial charge in [-0.2, -0.15) is 12.6 Å². The van der Waals surface area contributed by atoms with E-state index in [1.54, 1.807) is 0 Å². The van der Waals surface area contributed by atoms with E-state index in [0.717, 1.165) is 22.4 Å². The van der Waals surface area contributed by atoms with Crippen molar-refractivity contribution in [3.63, 3.8) is 0 Å². The first-order chi connectivity index (χ1) is 9.51. The molecule has 1 heterocycles. The maximum Gasteiger partial charge on any atom is 0.240 e. The third kappa shape index (κ3) is 3.33. The van der Waals surface area contributed by atoms with Crippen molar-refractivity contribution in [2.24, 2.45) is 5.92 Å². The molecule has 0 aliphatic rings. The van der Waals surface area contributed by atoms with E-state index in [-0.39, 0.29) is 5.91 Å². The second kappa shape index (κ2) is 6.31. The zero-order valence-corrected chi connectivity index (χ0v) is 13.1. The number of aryl methyl sites for hydroxylation is 1. The van der Waals surface area contributed by atoms with Gasteiger partial charge in [0.1, 0.15) is 12.4 Å². The molecule has 5 heteroatoms. The number of amides is 1. The Morgan fingerprint density at radius 1 is 1.45 bits per heavy atom. The monoisotopic (exact) mass is 291 g/mol. The van der Waals surface area contributed by atoms with Crippen LogP contribution in [-0.2, 0) is 17.1 Å². The molecule has 108 valence electrons. The van der Waals surface area contributed by atoms with Gasteiger partial charge in [-0.05, 0) is 30.5 Å². The first-order valence-electron chi connectivity index (χ1n) is 6.84. The minimum absolute atomic E-state index is 0.0154. The molecular formula is C15H21N3OS. The zero-order chi connectivity index (χ0) is 14.7.